The van der Waals surface area contributed by atoms with Crippen molar-refractivity contribution in [1.82, 2.24) is 0 Å². The number of rotatable bonds is 13. The topological polar surface area (TPSA) is 80.1 Å². The molecule has 42 heavy (non-hydrogen) atoms. The van der Waals surface area contributed by atoms with E-state index in [4.69, 9.17) is 38.4 Å². The minimum Gasteiger partial charge on any atom is -0.493 e. The summed E-state index contributed by atoms with van der Waals surface area (Å²) >= 11 is 0. The number of nitrogens with zero attached hydrogens (tertiary/aromatic N) is 2. The molecule has 4 aromatic rings. The maximum atomic E-state index is 5.47. The van der Waals surface area contributed by atoms with Gasteiger partial charge in [-0.3, -0.25) is 9.98 Å². The second-order valence-corrected chi connectivity index (χ2v) is 10.7. The third-order valence-electron chi connectivity index (χ3n) is 6.03. The summed E-state index contributed by atoms with van der Waals surface area (Å²) in [6.07, 6.45) is 3.56. The molecule has 0 unspecified atom stereocenters. The van der Waals surface area contributed by atoms with Crippen molar-refractivity contribution in [2.75, 3.05) is 42.7 Å². The van der Waals surface area contributed by atoms with Crippen LogP contribution in [0, 0.1) is 0 Å². The smallest absolute Gasteiger partial charge is 0.203 e. The number of hydrogen-bond acceptors (Lipinski definition) is 10. The first-order chi connectivity index (χ1) is 20.5. The minimum atomic E-state index is 0.538. The highest BCUT2D eigenvalue weighted by Crippen LogP contribution is 2.45. The SMILES string of the molecule is COc1cc(C=Nc2ccccc2SSc2ccccc2N=Cc2cc(OC)c(OC)c(OC)c2)cc(OC)c1OC. The Morgan fingerprint density at radius 1 is 0.476 bits per heavy atom. The van der Waals surface area contributed by atoms with E-state index in [2.05, 4.69) is 0 Å². The predicted molar refractivity (Wildman–Crippen MR) is 171 cm³/mol. The lowest BCUT2D eigenvalue weighted by Gasteiger charge is -2.13. The molecule has 0 heterocycles. The maximum absolute atomic E-state index is 5.47. The zero-order chi connectivity index (χ0) is 29.9. The predicted octanol–water partition coefficient (Wildman–Crippen LogP) is 8.04. The molecule has 10 heteroatoms. The van der Waals surface area contributed by atoms with Crippen molar-refractivity contribution in [1.29, 1.82) is 0 Å². The Morgan fingerprint density at radius 2 is 0.810 bits per heavy atom. The lowest BCUT2D eigenvalue weighted by atomic mass is 10.2. The molecule has 0 fully saturated rings. The summed E-state index contributed by atoms with van der Waals surface area (Å²) in [5.41, 5.74) is 3.32. The van der Waals surface area contributed by atoms with Crippen molar-refractivity contribution in [3.63, 3.8) is 0 Å². The molecule has 0 aliphatic rings. The van der Waals surface area contributed by atoms with Crippen LogP contribution in [-0.2, 0) is 0 Å². The largest absolute Gasteiger partial charge is 0.493 e. The fraction of sp³-hybridized carbons (Fsp3) is 0.188. The number of methoxy groups -OCH3 is 6. The van der Waals surface area contributed by atoms with E-state index < -0.39 is 0 Å². The van der Waals surface area contributed by atoms with Gasteiger partial charge in [-0.15, -0.1) is 0 Å². The molecule has 0 saturated heterocycles. The molecule has 0 spiro atoms. The zero-order valence-corrected chi connectivity index (χ0v) is 25.9. The molecule has 8 nitrogen and oxygen atoms in total. The van der Waals surface area contributed by atoms with Crippen LogP contribution in [0.25, 0.3) is 0 Å². The first-order valence-electron chi connectivity index (χ1n) is 12.8. The average molecular weight is 605 g/mol. The Bertz CT molecular complexity index is 1410. The Morgan fingerprint density at radius 3 is 1.12 bits per heavy atom. The molecule has 0 saturated carbocycles. The van der Waals surface area contributed by atoms with Crippen molar-refractivity contribution in [3.8, 4) is 34.5 Å². The molecule has 0 aliphatic heterocycles. The molecule has 0 aliphatic carbocycles. The number of para-hydroxylation sites is 2. The summed E-state index contributed by atoms with van der Waals surface area (Å²) in [6, 6.07) is 23.4. The van der Waals surface area contributed by atoms with Crippen LogP contribution in [0.5, 0.6) is 34.5 Å². The molecule has 218 valence electrons. The third kappa shape index (κ3) is 7.32. The van der Waals surface area contributed by atoms with Gasteiger partial charge in [-0.2, -0.15) is 0 Å². The van der Waals surface area contributed by atoms with Crippen LogP contribution in [0.2, 0.25) is 0 Å². The number of benzene rings is 4. The number of ether oxygens (including phenoxy) is 6. The van der Waals surface area contributed by atoms with E-state index in [1.807, 2.05) is 72.8 Å². The van der Waals surface area contributed by atoms with Crippen LogP contribution >= 0.6 is 21.6 Å². The molecule has 4 rings (SSSR count). The van der Waals surface area contributed by atoms with Crippen LogP contribution in [0.3, 0.4) is 0 Å². The van der Waals surface area contributed by atoms with Gasteiger partial charge < -0.3 is 28.4 Å². The minimum absolute atomic E-state index is 0.538. The van der Waals surface area contributed by atoms with Gasteiger partial charge in [0.15, 0.2) is 23.0 Å². The number of hydrogen-bond donors (Lipinski definition) is 0. The van der Waals surface area contributed by atoms with Gasteiger partial charge in [-0.25, -0.2) is 0 Å². The lowest BCUT2D eigenvalue weighted by Crippen LogP contribution is -1.96. The molecule has 0 aromatic heterocycles. The molecule has 0 radical (unpaired) electrons. The summed E-state index contributed by atoms with van der Waals surface area (Å²) in [5.74, 6) is 3.35. The van der Waals surface area contributed by atoms with Crippen LogP contribution in [-0.4, -0.2) is 55.1 Å². The fourth-order valence-electron chi connectivity index (χ4n) is 4.00. The zero-order valence-electron chi connectivity index (χ0n) is 24.2. The van der Waals surface area contributed by atoms with Gasteiger partial charge in [0.05, 0.1) is 54.0 Å². The normalized spacial score (nSPS) is 11.1. The lowest BCUT2D eigenvalue weighted by molar-refractivity contribution is 0.324. The molecular weight excluding hydrogens is 572 g/mol. The van der Waals surface area contributed by atoms with Gasteiger partial charge in [0.2, 0.25) is 11.5 Å². The molecule has 0 amide bonds. The summed E-state index contributed by atoms with van der Waals surface area (Å²) in [7, 11) is 12.7. The van der Waals surface area contributed by atoms with E-state index >= 15 is 0 Å². The highest BCUT2D eigenvalue weighted by Gasteiger charge is 2.14. The summed E-state index contributed by atoms with van der Waals surface area (Å²) in [5, 5.41) is 0. The summed E-state index contributed by atoms with van der Waals surface area (Å²) in [4.78, 5) is 11.5. The van der Waals surface area contributed by atoms with E-state index in [9.17, 15) is 0 Å². The highest BCUT2D eigenvalue weighted by atomic mass is 33.1. The molecule has 0 atom stereocenters. The van der Waals surface area contributed by atoms with Crippen molar-refractivity contribution in [2.24, 2.45) is 9.98 Å². The standard InChI is InChI=1S/C32H32N2O6S2/c1-35-25-15-21(16-26(36-2)31(25)39-5)19-33-23-11-7-9-13-29(23)41-42-30-14-10-8-12-24(30)34-20-22-17-27(37-3)32(40-6)28(18-22)38-4/h7-20H,1-6H3. The van der Waals surface area contributed by atoms with E-state index in [0.717, 1.165) is 32.3 Å². The van der Waals surface area contributed by atoms with Gasteiger partial charge in [0, 0.05) is 33.3 Å². The van der Waals surface area contributed by atoms with E-state index in [0.29, 0.717) is 34.5 Å². The van der Waals surface area contributed by atoms with Crippen molar-refractivity contribution < 1.29 is 28.4 Å². The fourth-order valence-corrected chi connectivity index (χ4v) is 6.24. The molecular formula is C32H32N2O6S2. The van der Waals surface area contributed by atoms with Crippen molar-refractivity contribution in [3.05, 3.63) is 83.9 Å². The van der Waals surface area contributed by atoms with Crippen molar-refractivity contribution in [2.45, 2.75) is 9.79 Å². The van der Waals surface area contributed by atoms with Gasteiger partial charge in [0.25, 0.3) is 0 Å². The summed E-state index contributed by atoms with van der Waals surface area (Å²) < 4.78 is 32.7. The van der Waals surface area contributed by atoms with Gasteiger partial charge >= 0.3 is 0 Å². The van der Waals surface area contributed by atoms with Crippen LogP contribution in [0.1, 0.15) is 11.1 Å². The second-order valence-electron chi connectivity index (χ2n) is 8.54. The van der Waals surface area contributed by atoms with Crippen LogP contribution < -0.4 is 28.4 Å². The van der Waals surface area contributed by atoms with Gasteiger partial charge in [0.1, 0.15) is 0 Å². The third-order valence-corrected chi connectivity index (χ3v) is 8.49. The first kappa shape index (κ1) is 30.7. The Kier molecular flexibility index (Phi) is 11.0. The quantitative estimate of drug-likeness (QED) is 0.112. The Balaban J connectivity index is 1.54. The first-order valence-corrected chi connectivity index (χ1v) is 14.9. The average Bonchev–Trinajstić information content (AvgIpc) is 3.04. The molecule has 4 aromatic carbocycles. The van der Waals surface area contributed by atoms with E-state index in [1.165, 1.54) is 0 Å². The monoisotopic (exact) mass is 604 g/mol. The maximum Gasteiger partial charge on any atom is 0.203 e. The Hall–Kier alpha value is -4.28. The van der Waals surface area contributed by atoms with Gasteiger partial charge in [-0.1, -0.05) is 45.9 Å². The summed E-state index contributed by atoms with van der Waals surface area (Å²) in [6.45, 7) is 0. The Labute approximate surface area is 254 Å². The highest BCUT2D eigenvalue weighted by molar-refractivity contribution is 8.76. The second kappa shape index (κ2) is 15.1. The molecule has 0 bridgehead atoms. The number of aliphatic imine (C=N–C) groups is 2. The van der Waals surface area contributed by atoms with E-state index in [-0.39, 0.29) is 0 Å². The molecule has 0 N–H and O–H groups in total. The van der Waals surface area contributed by atoms with Crippen LogP contribution in [0.4, 0.5) is 11.4 Å². The van der Waals surface area contributed by atoms with Crippen molar-refractivity contribution >= 4 is 45.4 Å². The van der Waals surface area contributed by atoms with Crippen LogP contribution in [0.15, 0.2) is 92.6 Å². The van der Waals surface area contributed by atoms with E-state index in [1.54, 1.807) is 76.7 Å². The van der Waals surface area contributed by atoms with Gasteiger partial charge in [-0.05, 0) is 48.5 Å².